The molecule has 1 fully saturated rings. The lowest BCUT2D eigenvalue weighted by Gasteiger charge is -2.30. The van der Waals surface area contributed by atoms with Gasteiger partial charge in [0, 0.05) is 6.54 Å². The van der Waals surface area contributed by atoms with Crippen molar-refractivity contribution in [1.29, 1.82) is 0 Å². The molecule has 0 amide bonds. The lowest BCUT2D eigenvalue weighted by Crippen LogP contribution is -2.52. The second-order valence-electron chi connectivity index (χ2n) is 3.75. The summed E-state index contributed by atoms with van der Waals surface area (Å²) in [4.78, 5) is 12.5. The molecule has 1 aromatic rings. The molecule has 0 spiro atoms. The molecule has 1 saturated heterocycles. The minimum Gasteiger partial charge on any atom is -0.478 e. The third-order valence-corrected chi connectivity index (χ3v) is 4.18. The van der Waals surface area contributed by atoms with Crippen molar-refractivity contribution in [2.24, 2.45) is 0 Å². The molecule has 2 rings (SSSR count). The number of carbonyl (C=O) groups is 1. The predicted octanol–water partition coefficient (Wildman–Crippen LogP) is 1.29. The zero-order chi connectivity index (χ0) is 12.5. The zero-order valence-electron chi connectivity index (χ0n) is 8.87. The van der Waals surface area contributed by atoms with Crippen LogP contribution in [0.2, 0.25) is 0 Å². The van der Waals surface area contributed by atoms with Crippen molar-refractivity contribution in [2.75, 3.05) is 5.75 Å². The summed E-state index contributed by atoms with van der Waals surface area (Å²) in [5.74, 6) is -1.20. The molecule has 4 nitrogen and oxygen atoms in total. The second kappa shape index (κ2) is 4.64. The van der Waals surface area contributed by atoms with Crippen LogP contribution in [0.5, 0.6) is 0 Å². The number of hydrogen-bond acceptors (Lipinski definition) is 4. The predicted molar refractivity (Wildman–Crippen MR) is 69.6 cm³/mol. The van der Waals surface area contributed by atoms with E-state index in [4.69, 9.17) is 17.3 Å². The van der Waals surface area contributed by atoms with Crippen LogP contribution >= 0.6 is 24.0 Å². The Kier molecular flexibility index (Phi) is 3.37. The summed E-state index contributed by atoms with van der Waals surface area (Å²) in [6.45, 7) is 0.301. The molecular weight excluding hydrogens is 258 g/mol. The maximum absolute atomic E-state index is 11.1. The number of rotatable bonds is 3. The van der Waals surface area contributed by atoms with Crippen molar-refractivity contribution in [1.82, 2.24) is 4.90 Å². The molecule has 0 aromatic heterocycles. The third kappa shape index (κ3) is 2.29. The fourth-order valence-corrected chi connectivity index (χ4v) is 2.98. The van der Waals surface area contributed by atoms with Crippen LogP contribution in [0.25, 0.3) is 0 Å². The Morgan fingerprint density at radius 3 is 2.71 bits per heavy atom. The number of nitrogens with zero attached hydrogens (tertiary/aromatic N) is 1. The van der Waals surface area contributed by atoms with E-state index < -0.39 is 11.7 Å². The number of thiocarbonyl (C=S) groups is 1. The standard InChI is InChI=1S/C11H11NO3S2/c13-9(14)11(15)7-17-10(16)12(11)6-8-4-2-1-3-5-8/h1-5,15H,6-7H2,(H,13,14). The monoisotopic (exact) mass is 269 g/mol. The van der Waals surface area contributed by atoms with Crippen molar-refractivity contribution < 1.29 is 15.0 Å². The van der Waals surface area contributed by atoms with Gasteiger partial charge in [0.1, 0.15) is 4.32 Å². The number of benzene rings is 1. The van der Waals surface area contributed by atoms with Crippen LogP contribution in [0.4, 0.5) is 0 Å². The highest BCUT2D eigenvalue weighted by Gasteiger charge is 2.49. The summed E-state index contributed by atoms with van der Waals surface area (Å²) in [5.41, 5.74) is -0.977. The molecule has 1 aliphatic rings. The van der Waals surface area contributed by atoms with E-state index in [-0.39, 0.29) is 5.75 Å². The van der Waals surface area contributed by atoms with Crippen LogP contribution in [-0.4, -0.2) is 36.9 Å². The molecule has 6 heteroatoms. The highest BCUT2D eigenvalue weighted by atomic mass is 32.2. The Morgan fingerprint density at radius 1 is 1.47 bits per heavy atom. The van der Waals surface area contributed by atoms with E-state index in [1.807, 2.05) is 30.3 Å². The maximum atomic E-state index is 11.1. The van der Waals surface area contributed by atoms with E-state index in [0.717, 1.165) is 5.56 Å². The van der Waals surface area contributed by atoms with Gasteiger partial charge in [0.05, 0.1) is 5.75 Å². The van der Waals surface area contributed by atoms with E-state index in [2.05, 4.69) is 0 Å². The number of carboxylic acid groups (broad SMARTS) is 1. The Labute approximate surface area is 108 Å². The van der Waals surface area contributed by atoms with Crippen LogP contribution in [0.15, 0.2) is 30.3 Å². The average molecular weight is 269 g/mol. The number of thioether (sulfide) groups is 1. The van der Waals surface area contributed by atoms with Gasteiger partial charge < -0.3 is 15.1 Å². The lowest BCUT2D eigenvalue weighted by atomic mass is 10.1. The quantitative estimate of drug-likeness (QED) is 0.806. The van der Waals surface area contributed by atoms with Crippen molar-refractivity contribution in [3.8, 4) is 0 Å². The molecule has 1 aromatic carbocycles. The fraction of sp³-hybridized carbons (Fsp3) is 0.273. The molecule has 90 valence electrons. The molecule has 0 saturated carbocycles. The summed E-state index contributed by atoms with van der Waals surface area (Å²) in [5, 5.41) is 19.2. The van der Waals surface area contributed by atoms with Crippen molar-refractivity contribution in [3.63, 3.8) is 0 Å². The Morgan fingerprint density at radius 2 is 2.12 bits per heavy atom. The summed E-state index contributed by atoms with van der Waals surface area (Å²) >= 11 is 6.26. The number of hydrogen-bond donors (Lipinski definition) is 2. The van der Waals surface area contributed by atoms with E-state index in [1.165, 1.54) is 16.7 Å². The third-order valence-electron chi connectivity index (χ3n) is 2.59. The van der Waals surface area contributed by atoms with Gasteiger partial charge in [-0.05, 0) is 5.56 Å². The van der Waals surface area contributed by atoms with Gasteiger partial charge in [-0.15, -0.1) is 0 Å². The van der Waals surface area contributed by atoms with Gasteiger partial charge >= 0.3 is 5.97 Å². The molecule has 1 heterocycles. The van der Waals surface area contributed by atoms with Gasteiger partial charge in [0.25, 0.3) is 0 Å². The maximum Gasteiger partial charge on any atom is 0.358 e. The number of carboxylic acids is 1. The molecule has 0 bridgehead atoms. The van der Waals surface area contributed by atoms with E-state index in [0.29, 0.717) is 10.9 Å². The van der Waals surface area contributed by atoms with Crippen LogP contribution in [0.3, 0.4) is 0 Å². The minimum absolute atomic E-state index is 0.0635. The molecule has 0 radical (unpaired) electrons. The second-order valence-corrected chi connectivity index (χ2v) is 5.36. The zero-order valence-corrected chi connectivity index (χ0v) is 10.5. The van der Waals surface area contributed by atoms with Crippen LogP contribution in [0, 0.1) is 0 Å². The Balaban J connectivity index is 2.24. The first-order chi connectivity index (χ1) is 8.04. The van der Waals surface area contributed by atoms with Gasteiger partial charge in [-0.1, -0.05) is 54.3 Å². The topological polar surface area (TPSA) is 60.8 Å². The van der Waals surface area contributed by atoms with E-state index in [1.54, 1.807) is 0 Å². The van der Waals surface area contributed by atoms with Crippen LogP contribution in [-0.2, 0) is 11.3 Å². The molecule has 1 aliphatic heterocycles. The van der Waals surface area contributed by atoms with Crippen LogP contribution < -0.4 is 0 Å². The molecule has 1 unspecified atom stereocenters. The first-order valence-corrected chi connectivity index (χ1v) is 6.37. The molecule has 0 aliphatic carbocycles. The highest BCUT2D eigenvalue weighted by molar-refractivity contribution is 8.23. The van der Waals surface area contributed by atoms with Gasteiger partial charge in [-0.25, -0.2) is 4.79 Å². The SMILES string of the molecule is O=C(O)C1(O)CSC(=S)N1Cc1ccccc1. The average Bonchev–Trinajstić information content (AvgIpc) is 2.60. The summed E-state index contributed by atoms with van der Waals surface area (Å²) in [7, 11) is 0. The van der Waals surface area contributed by atoms with Gasteiger partial charge in [-0.3, -0.25) is 0 Å². The number of aliphatic carboxylic acids is 1. The molecule has 17 heavy (non-hydrogen) atoms. The van der Waals surface area contributed by atoms with Crippen molar-refractivity contribution >= 4 is 34.3 Å². The smallest absolute Gasteiger partial charge is 0.358 e. The first-order valence-electron chi connectivity index (χ1n) is 4.98. The molecular formula is C11H11NO3S2. The highest BCUT2D eigenvalue weighted by Crippen LogP contribution is 2.33. The molecule has 2 N–H and O–H groups in total. The summed E-state index contributed by atoms with van der Waals surface area (Å²) < 4.78 is 0.416. The Bertz CT molecular complexity index is 451. The van der Waals surface area contributed by atoms with Crippen molar-refractivity contribution in [3.05, 3.63) is 35.9 Å². The fourth-order valence-electron chi connectivity index (χ4n) is 1.61. The largest absolute Gasteiger partial charge is 0.478 e. The van der Waals surface area contributed by atoms with E-state index >= 15 is 0 Å². The summed E-state index contributed by atoms with van der Waals surface area (Å²) in [6.07, 6.45) is 0. The lowest BCUT2D eigenvalue weighted by molar-refractivity contribution is -0.169. The molecule has 1 atom stereocenters. The summed E-state index contributed by atoms with van der Waals surface area (Å²) in [6, 6.07) is 9.34. The minimum atomic E-state index is -1.89. The van der Waals surface area contributed by atoms with E-state index in [9.17, 15) is 9.90 Å². The van der Waals surface area contributed by atoms with Crippen LogP contribution in [0.1, 0.15) is 5.56 Å². The number of aliphatic hydroxyl groups is 1. The van der Waals surface area contributed by atoms with Gasteiger partial charge in [0.2, 0.25) is 5.72 Å². The van der Waals surface area contributed by atoms with Crippen molar-refractivity contribution in [2.45, 2.75) is 12.3 Å². The normalized spacial score (nSPS) is 24.1. The Hall–Kier alpha value is -1.11. The van der Waals surface area contributed by atoms with Gasteiger partial charge in [-0.2, -0.15) is 0 Å². The first kappa shape index (κ1) is 12.3. The van der Waals surface area contributed by atoms with Gasteiger partial charge in [0.15, 0.2) is 0 Å².